The Morgan fingerprint density at radius 1 is 0.958 bits per heavy atom. The van der Waals surface area contributed by atoms with Crippen LogP contribution in [0.25, 0.3) is 0 Å². The van der Waals surface area contributed by atoms with E-state index in [1.165, 1.54) is 57.2 Å². The van der Waals surface area contributed by atoms with Crippen molar-refractivity contribution in [3.8, 4) is 0 Å². The van der Waals surface area contributed by atoms with Crippen molar-refractivity contribution in [2.45, 2.75) is 57.9 Å². The molecule has 2 aromatic rings. The van der Waals surface area contributed by atoms with Crippen molar-refractivity contribution in [3.05, 3.63) is 58.4 Å². The molecule has 0 N–H and O–H groups in total. The van der Waals surface area contributed by atoms with Crippen LogP contribution in [0.1, 0.15) is 53.8 Å². The monoisotopic (exact) mass is 321 g/mol. The van der Waals surface area contributed by atoms with Gasteiger partial charge in [-0.05, 0) is 61.4 Å². The summed E-state index contributed by atoms with van der Waals surface area (Å²) in [7, 11) is 0. The van der Waals surface area contributed by atoms with Gasteiger partial charge in [-0.15, -0.1) is 0 Å². The average molecular weight is 321 g/mol. The molecule has 0 unspecified atom stereocenters. The van der Waals surface area contributed by atoms with Gasteiger partial charge in [0.1, 0.15) is 0 Å². The minimum Gasteiger partial charge on any atom is -0.300 e. The van der Waals surface area contributed by atoms with Crippen LogP contribution in [-0.4, -0.2) is 34.2 Å². The van der Waals surface area contributed by atoms with Crippen LogP contribution in [-0.2, 0) is 19.3 Å². The van der Waals surface area contributed by atoms with Gasteiger partial charge < -0.3 is 0 Å². The molecule has 2 heterocycles. The lowest BCUT2D eigenvalue weighted by molar-refractivity contribution is 0.208. The molecule has 0 bridgehead atoms. The maximum atomic E-state index is 4.31. The van der Waals surface area contributed by atoms with Crippen LogP contribution in [0.2, 0.25) is 0 Å². The number of hydrogen-bond acceptors (Lipinski definition) is 3. The summed E-state index contributed by atoms with van der Waals surface area (Å²) in [4.78, 5) is 2.75. The molecular formula is C21H27N3. The molecule has 4 rings (SSSR count). The summed E-state index contributed by atoms with van der Waals surface area (Å²) in [6.45, 7) is 4.45. The van der Waals surface area contributed by atoms with Gasteiger partial charge in [0.15, 0.2) is 0 Å². The molecule has 24 heavy (non-hydrogen) atoms. The summed E-state index contributed by atoms with van der Waals surface area (Å²) in [6, 6.07) is 12.0. The highest BCUT2D eigenvalue weighted by Gasteiger charge is 2.24. The second-order valence-corrected chi connectivity index (χ2v) is 7.42. The van der Waals surface area contributed by atoms with Crippen molar-refractivity contribution in [1.82, 2.24) is 15.1 Å². The molecule has 0 saturated heterocycles. The number of aryl methyl sites for hydroxylation is 1. The quantitative estimate of drug-likeness (QED) is 0.863. The Morgan fingerprint density at radius 2 is 1.75 bits per heavy atom. The first-order chi connectivity index (χ1) is 11.8. The molecule has 0 radical (unpaired) electrons. The zero-order chi connectivity index (χ0) is 16.4. The third-order valence-electron chi connectivity index (χ3n) is 5.69. The topological polar surface area (TPSA) is 29.0 Å². The van der Waals surface area contributed by atoms with Gasteiger partial charge in [0.2, 0.25) is 0 Å². The Morgan fingerprint density at radius 3 is 2.50 bits per heavy atom. The van der Waals surface area contributed by atoms with Gasteiger partial charge >= 0.3 is 0 Å². The molecule has 0 atom stereocenters. The lowest BCUT2D eigenvalue weighted by atomic mass is 9.98. The van der Waals surface area contributed by atoms with Gasteiger partial charge in [0, 0.05) is 25.6 Å². The van der Waals surface area contributed by atoms with Crippen LogP contribution >= 0.6 is 0 Å². The number of benzene rings is 1. The highest BCUT2D eigenvalue weighted by atomic mass is 15.2. The first kappa shape index (κ1) is 15.8. The van der Waals surface area contributed by atoms with Crippen molar-refractivity contribution in [2.75, 3.05) is 13.1 Å². The SMILES string of the molecule is Cc1ccc(Cc2ccc3c(c2)CCN(C2CCCC2)CC3)nn1. The minimum absolute atomic E-state index is 0.849. The highest BCUT2D eigenvalue weighted by molar-refractivity contribution is 5.35. The molecule has 126 valence electrons. The van der Waals surface area contributed by atoms with Crippen LogP contribution in [0.5, 0.6) is 0 Å². The molecule has 0 amide bonds. The normalized spacial score (nSPS) is 19.2. The maximum Gasteiger partial charge on any atom is 0.0675 e. The summed E-state index contributed by atoms with van der Waals surface area (Å²) in [5.41, 5.74) is 6.50. The maximum absolute atomic E-state index is 4.31. The van der Waals surface area contributed by atoms with Crippen molar-refractivity contribution >= 4 is 0 Å². The molecule has 1 saturated carbocycles. The molecule has 1 aromatic heterocycles. The van der Waals surface area contributed by atoms with E-state index in [0.29, 0.717) is 0 Å². The number of fused-ring (bicyclic) bond motifs is 1. The molecule has 1 aliphatic heterocycles. The average Bonchev–Trinajstić information content (AvgIpc) is 3.05. The van der Waals surface area contributed by atoms with E-state index in [0.717, 1.165) is 23.9 Å². The van der Waals surface area contributed by atoms with Crippen LogP contribution in [0.3, 0.4) is 0 Å². The fraction of sp³-hybridized carbons (Fsp3) is 0.524. The largest absolute Gasteiger partial charge is 0.300 e. The highest BCUT2D eigenvalue weighted by Crippen LogP contribution is 2.26. The van der Waals surface area contributed by atoms with E-state index in [1.54, 1.807) is 11.1 Å². The van der Waals surface area contributed by atoms with Crippen LogP contribution in [0.15, 0.2) is 30.3 Å². The Bertz CT molecular complexity index is 687. The van der Waals surface area contributed by atoms with Crippen LogP contribution in [0.4, 0.5) is 0 Å². The van der Waals surface area contributed by atoms with E-state index in [9.17, 15) is 0 Å². The van der Waals surface area contributed by atoms with Crippen molar-refractivity contribution in [1.29, 1.82) is 0 Å². The third-order valence-corrected chi connectivity index (χ3v) is 5.69. The van der Waals surface area contributed by atoms with Gasteiger partial charge in [-0.3, -0.25) is 4.90 Å². The Hall–Kier alpha value is -1.74. The second kappa shape index (κ2) is 7.02. The van der Waals surface area contributed by atoms with Crippen molar-refractivity contribution < 1.29 is 0 Å². The van der Waals surface area contributed by atoms with Gasteiger partial charge in [-0.2, -0.15) is 10.2 Å². The standard InChI is InChI=1S/C21H27N3/c1-16-6-9-20(23-22-16)15-17-7-8-18-10-12-24(13-11-19(18)14-17)21-4-2-3-5-21/h6-9,14,21H,2-5,10-13,15H2,1H3. The lowest BCUT2D eigenvalue weighted by Gasteiger charge is -2.26. The number of aromatic nitrogens is 2. The first-order valence-corrected chi connectivity index (χ1v) is 9.42. The van der Waals surface area contributed by atoms with E-state index < -0.39 is 0 Å². The second-order valence-electron chi connectivity index (χ2n) is 7.42. The predicted octanol–water partition coefficient (Wildman–Crippen LogP) is 3.72. The lowest BCUT2D eigenvalue weighted by Crippen LogP contribution is -2.35. The third kappa shape index (κ3) is 3.51. The van der Waals surface area contributed by atoms with Gasteiger partial charge in [0.05, 0.1) is 11.4 Å². The van der Waals surface area contributed by atoms with E-state index in [2.05, 4.69) is 39.4 Å². The van der Waals surface area contributed by atoms with E-state index in [-0.39, 0.29) is 0 Å². The van der Waals surface area contributed by atoms with Crippen LogP contribution < -0.4 is 0 Å². The molecule has 3 nitrogen and oxygen atoms in total. The van der Waals surface area contributed by atoms with Crippen LogP contribution in [0, 0.1) is 6.92 Å². The molecule has 1 aromatic carbocycles. The minimum atomic E-state index is 0.849. The summed E-state index contributed by atoms with van der Waals surface area (Å²) < 4.78 is 0. The zero-order valence-corrected chi connectivity index (χ0v) is 14.7. The van der Waals surface area contributed by atoms with Gasteiger partial charge in [-0.25, -0.2) is 0 Å². The summed E-state index contributed by atoms with van der Waals surface area (Å²) >= 11 is 0. The molecule has 1 fully saturated rings. The van der Waals surface area contributed by atoms with Gasteiger partial charge in [0.25, 0.3) is 0 Å². The van der Waals surface area contributed by atoms with Crippen molar-refractivity contribution in [2.24, 2.45) is 0 Å². The Kier molecular flexibility index (Phi) is 4.61. The predicted molar refractivity (Wildman–Crippen MR) is 97.3 cm³/mol. The zero-order valence-electron chi connectivity index (χ0n) is 14.7. The fourth-order valence-corrected chi connectivity index (χ4v) is 4.27. The Balaban J connectivity index is 1.47. The molecule has 1 aliphatic carbocycles. The molecular weight excluding hydrogens is 294 g/mol. The van der Waals surface area contributed by atoms with E-state index >= 15 is 0 Å². The Labute approximate surface area is 145 Å². The fourth-order valence-electron chi connectivity index (χ4n) is 4.27. The van der Waals surface area contributed by atoms with Gasteiger partial charge in [-0.1, -0.05) is 31.0 Å². The van der Waals surface area contributed by atoms with E-state index in [4.69, 9.17) is 0 Å². The molecule has 2 aliphatic rings. The number of hydrogen-bond donors (Lipinski definition) is 0. The number of nitrogens with zero attached hydrogens (tertiary/aromatic N) is 3. The first-order valence-electron chi connectivity index (χ1n) is 9.42. The van der Waals surface area contributed by atoms with Crippen molar-refractivity contribution in [3.63, 3.8) is 0 Å². The summed E-state index contributed by atoms with van der Waals surface area (Å²) in [6.07, 6.45) is 8.95. The molecule has 0 spiro atoms. The molecule has 3 heteroatoms. The summed E-state index contributed by atoms with van der Waals surface area (Å²) in [5.74, 6) is 0. The summed E-state index contributed by atoms with van der Waals surface area (Å²) in [5, 5.41) is 8.49. The van der Waals surface area contributed by atoms with E-state index in [1.807, 2.05) is 13.0 Å². The smallest absolute Gasteiger partial charge is 0.0675 e. The number of rotatable bonds is 3.